The molecule has 2 atom stereocenters. The molecule has 0 unspecified atom stereocenters. The lowest BCUT2D eigenvalue weighted by atomic mass is 9.90. The van der Waals surface area contributed by atoms with Crippen molar-refractivity contribution in [2.75, 3.05) is 0 Å². The second kappa shape index (κ2) is 25.3. The van der Waals surface area contributed by atoms with Gasteiger partial charge in [-0.05, 0) is 38.5 Å². The quantitative estimate of drug-likeness (QED) is 0.0808. The van der Waals surface area contributed by atoms with Gasteiger partial charge < -0.3 is 10.6 Å². The number of hydrogen-bond donors (Lipinski definition) is 2. The fourth-order valence-corrected chi connectivity index (χ4v) is 6.84. The van der Waals surface area contributed by atoms with Crippen molar-refractivity contribution in [2.24, 2.45) is 0 Å². The van der Waals surface area contributed by atoms with Crippen LogP contribution in [0.25, 0.3) is 0 Å². The molecule has 46 heavy (non-hydrogen) atoms. The number of amides is 2. The number of nitrogens with one attached hydrogen (secondary N) is 2. The molecule has 6 heteroatoms. The van der Waals surface area contributed by atoms with Gasteiger partial charge in [-0.25, -0.2) is 9.13 Å². The summed E-state index contributed by atoms with van der Waals surface area (Å²) in [6, 6.07) is 12.7. The molecule has 6 nitrogen and oxygen atoms in total. The molecule has 0 radical (unpaired) electrons. The summed E-state index contributed by atoms with van der Waals surface area (Å²) in [6.07, 6.45) is 36.3. The van der Waals surface area contributed by atoms with E-state index in [9.17, 15) is 9.59 Å². The fraction of sp³-hybridized carbons (Fsp3) is 0.700. The predicted octanol–water partition coefficient (Wildman–Crippen LogP) is 8.31. The summed E-state index contributed by atoms with van der Waals surface area (Å²) < 4.78 is 4.53. The first-order chi connectivity index (χ1) is 22.7. The standard InChI is InChI=1S/C40H64N4O2/c45-39(29-17-11-7-3-1-5-9-13-21-31-43-33-23-15-24-34-43)41-37-27-19-20-28-38(37)42-40(46)30-18-12-8-4-2-6-10-14-22-32-44-35-25-16-26-36-44/h15-16,23-26,33-38H,1-14,17-22,27-32H2/p+2/t37-,38-/m1/s1. The maximum absolute atomic E-state index is 12.7. The molecule has 2 aromatic rings. The zero-order chi connectivity index (χ0) is 32.3. The van der Waals surface area contributed by atoms with Crippen LogP contribution in [0.3, 0.4) is 0 Å². The number of nitrogens with zero attached hydrogens (tertiary/aromatic N) is 2. The van der Waals surface area contributed by atoms with E-state index in [0.717, 1.165) is 64.5 Å². The van der Waals surface area contributed by atoms with Crippen molar-refractivity contribution in [3.63, 3.8) is 0 Å². The SMILES string of the molecule is O=C(CCCCCCCCCCC[n+]1ccccc1)N[C@@H]1CCCC[C@H]1NC(=O)CCCCCCCCCCC[n+]1ccccc1. The first kappa shape index (κ1) is 37.7. The molecule has 0 aromatic carbocycles. The van der Waals surface area contributed by atoms with Crippen LogP contribution < -0.4 is 19.8 Å². The van der Waals surface area contributed by atoms with Gasteiger partial charge in [0.05, 0.1) is 0 Å². The van der Waals surface area contributed by atoms with Gasteiger partial charge in [-0.3, -0.25) is 9.59 Å². The number of aromatic nitrogens is 2. The third kappa shape index (κ3) is 18.4. The van der Waals surface area contributed by atoms with Crippen molar-refractivity contribution >= 4 is 11.8 Å². The van der Waals surface area contributed by atoms with Crippen molar-refractivity contribution in [2.45, 2.75) is 179 Å². The van der Waals surface area contributed by atoms with E-state index >= 15 is 0 Å². The van der Waals surface area contributed by atoms with Crippen LogP contribution in [0.1, 0.15) is 154 Å². The Morgan fingerprint density at radius 3 is 1.09 bits per heavy atom. The van der Waals surface area contributed by atoms with Gasteiger partial charge in [0, 0.05) is 62.0 Å². The Morgan fingerprint density at radius 2 is 0.739 bits per heavy atom. The minimum atomic E-state index is 0.0942. The van der Waals surface area contributed by atoms with Crippen molar-refractivity contribution in [3.8, 4) is 0 Å². The van der Waals surface area contributed by atoms with Crippen LogP contribution in [-0.4, -0.2) is 23.9 Å². The van der Waals surface area contributed by atoms with Crippen molar-refractivity contribution in [1.29, 1.82) is 0 Å². The molecule has 256 valence electrons. The number of aryl methyl sites for hydroxylation is 2. The summed E-state index contributed by atoms with van der Waals surface area (Å²) in [4.78, 5) is 25.4. The highest BCUT2D eigenvalue weighted by atomic mass is 16.2. The summed E-state index contributed by atoms with van der Waals surface area (Å²) >= 11 is 0. The molecule has 1 saturated carbocycles. The lowest BCUT2D eigenvalue weighted by molar-refractivity contribution is -0.697. The molecular formula is C40H66N4O2+2. The average Bonchev–Trinajstić information content (AvgIpc) is 3.08. The Kier molecular flexibility index (Phi) is 20.8. The molecule has 2 heterocycles. The van der Waals surface area contributed by atoms with Gasteiger partial charge >= 0.3 is 0 Å². The second-order valence-electron chi connectivity index (χ2n) is 13.7. The van der Waals surface area contributed by atoms with Crippen LogP contribution in [0.5, 0.6) is 0 Å². The molecule has 0 spiro atoms. The Labute approximate surface area is 281 Å². The largest absolute Gasteiger partial charge is 0.351 e. The lowest BCUT2D eigenvalue weighted by Gasteiger charge is -2.33. The maximum Gasteiger partial charge on any atom is 0.220 e. The van der Waals surface area contributed by atoms with E-state index in [2.05, 4.69) is 81.0 Å². The number of pyridine rings is 2. The normalized spacial score (nSPS) is 16.3. The van der Waals surface area contributed by atoms with E-state index < -0.39 is 0 Å². The third-order valence-electron chi connectivity index (χ3n) is 9.65. The Hall–Kier alpha value is -2.76. The summed E-state index contributed by atoms with van der Waals surface area (Å²) in [5, 5.41) is 6.55. The van der Waals surface area contributed by atoms with E-state index in [1.807, 2.05) is 0 Å². The monoisotopic (exact) mass is 635 g/mol. The maximum atomic E-state index is 12.7. The average molecular weight is 635 g/mol. The van der Waals surface area contributed by atoms with Crippen LogP contribution in [-0.2, 0) is 22.7 Å². The van der Waals surface area contributed by atoms with Crippen LogP contribution >= 0.6 is 0 Å². The van der Waals surface area contributed by atoms with Crippen molar-refractivity contribution in [1.82, 2.24) is 10.6 Å². The Bertz CT molecular complexity index is 949. The molecule has 2 amide bonds. The number of unbranched alkanes of at least 4 members (excludes halogenated alkanes) is 16. The lowest BCUT2D eigenvalue weighted by Crippen LogP contribution is -2.53. The van der Waals surface area contributed by atoms with Crippen LogP contribution in [0.2, 0.25) is 0 Å². The highest BCUT2D eigenvalue weighted by molar-refractivity contribution is 5.77. The fourth-order valence-electron chi connectivity index (χ4n) is 6.84. The van der Waals surface area contributed by atoms with Gasteiger partial charge in [0.25, 0.3) is 0 Å². The van der Waals surface area contributed by atoms with Crippen LogP contribution in [0, 0.1) is 0 Å². The minimum Gasteiger partial charge on any atom is -0.351 e. The molecule has 1 aliphatic carbocycles. The molecule has 0 aliphatic heterocycles. The van der Waals surface area contributed by atoms with E-state index in [0.29, 0.717) is 12.8 Å². The first-order valence-corrected chi connectivity index (χ1v) is 19.2. The third-order valence-corrected chi connectivity index (χ3v) is 9.65. The molecule has 2 N–H and O–H groups in total. The summed E-state index contributed by atoms with van der Waals surface area (Å²) in [6.45, 7) is 2.24. The molecule has 1 aliphatic rings. The molecule has 3 rings (SSSR count). The van der Waals surface area contributed by atoms with Gasteiger partial charge in [-0.1, -0.05) is 102 Å². The van der Waals surface area contributed by atoms with E-state index in [1.54, 1.807) is 0 Å². The van der Waals surface area contributed by atoms with E-state index in [1.165, 1.54) is 89.9 Å². The first-order valence-electron chi connectivity index (χ1n) is 19.2. The smallest absolute Gasteiger partial charge is 0.220 e. The molecule has 0 bridgehead atoms. The van der Waals surface area contributed by atoms with Gasteiger partial charge in [0.1, 0.15) is 13.1 Å². The number of carbonyl (C=O) groups excluding carboxylic acids is 2. The van der Waals surface area contributed by atoms with Crippen LogP contribution in [0.4, 0.5) is 0 Å². The second-order valence-corrected chi connectivity index (χ2v) is 13.7. The topological polar surface area (TPSA) is 66.0 Å². The van der Waals surface area contributed by atoms with Gasteiger partial charge in [0.2, 0.25) is 11.8 Å². The van der Waals surface area contributed by atoms with E-state index in [-0.39, 0.29) is 23.9 Å². The van der Waals surface area contributed by atoms with Crippen molar-refractivity contribution < 1.29 is 18.7 Å². The minimum absolute atomic E-state index is 0.0942. The molecule has 0 saturated heterocycles. The number of carbonyl (C=O) groups is 2. The Balaban J connectivity index is 1.10. The highest BCUT2D eigenvalue weighted by Crippen LogP contribution is 2.20. The molecule has 2 aromatic heterocycles. The summed E-state index contributed by atoms with van der Waals surface area (Å²) in [5.41, 5.74) is 0. The summed E-state index contributed by atoms with van der Waals surface area (Å²) in [5.74, 6) is 0.329. The number of hydrogen-bond acceptors (Lipinski definition) is 2. The highest BCUT2D eigenvalue weighted by Gasteiger charge is 2.27. The van der Waals surface area contributed by atoms with E-state index in [4.69, 9.17) is 0 Å². The van der Waals surface area contributed by atoms with Crippen LogP contribution in [0.15, 0.2) is 61.2 Å². The Morgan fingerprint density at radius 1 is 0.435 bits per heavy atom. The van der Waals surface area contributed by atoms with Gasteiger partial charge in [0.15, 0.2) is 24.8 Å². The predicted molar refractivity (Wildman–Crippen MR) is 188 cm³/mol. The van der Waals surface area contributed by atoms with Gasteiger partial charge in [-0.15, -0.1) is 0 Å². The zero-order valence-electron chi connectivity index (χ0n) is 29.0. The molecule has 1 fully saturated rings. The molecular weight excluding hydrogens is 568 g/mol. The van der Waals surface area contributed by atoms with Crippen molar-refractivity contribution in [3.05, 3.63) is 61.2 Å². The van der Waals surface area contributed by atoms with Gasteiger partial charge in [-0.2, -0.15) is 0 Å². The zero-order valence-corrected chi connectivity index (χ0v) is 29.0. The number of rotatable bonds is 26. The summed E-state index contributed by atoms with van der Waals surface area (Å²) in [7, 11) is 0.